The molecule has 15 heteroatoms. The van der Waals surface area contributed by atoms with Crippen molar-refractivity contribution in [3.8, 4) is 0 Å². The number of β-lactam (4-membered cyclic amide) rings is 1. The number of amides is 3. The number of hydrogen-bond donors (Lipinski definition) is 2. The Labute approximate surface area is 251 Å². The van der Waals surface area contributed by atoms with E-state index in [4.69, 9.17) is 25.8 Å². The predicted molar refractivity (Wildman–Crippen MR) is 155 cm³/mol. The third-order valence-corrected chi connectivity index (χ3v) is 7.86. The largest absolute Gasteiger partial charge is 0.444 e. The lowest BCUT2D eigenvalue weighted by atomic mass is 9.98. The molecule has 0 radical (unpaired) electrons. The third kappa shape index (κ3) is 8.01. The molecule has 0 bridgehead atoms. The summed E-state index contributed by atoms with van der Waals surface area (Å²) in [7, 11) is 0. The first-order chi connectivity index (χ1) is 19.0. The summed E-state index contributed by atoms with van der Waals surface area (Å²) in [6, 6.07) is -2.18. The Morgan fingerprint density at radius 3 is 2.44 bits per heavy atom. The minimum Gasteiger partial charge on any atom is -0.444 e. The average molecular weight is 629 g/mol. The first kappa shape index (κ1) is 32.4. The van der Waals surface area contributed by atoms with E-state index in [0.717, 1.165) is 11.3 Å². The van der Waals surface area contributed by atoms with Crippen LogP contribution in [0.1, 0.15) is 60.6 Å². The van der Waals surface area contributed by atoms with Crippen LogP contribution in [0.25, 0.3) is 5.57 Å². The maximum atomic E-state index is 13.3. The fourth-order valence-electron chi connectivity index (χ4n) is 3.61. The number of nitrogens with zero attached hydrogens (tertiary/aromatic N) is 2. The second kappa shape index (κ2) is 12.8. The van der Waals surface area contributed by atoms with Gasteiger partial charge in [-0.15, -0.1) is 23.1 Å². The second-order valence-electron chi connectivity index (χ2n) is 11.1. The first-order valence-corrected chi connectivity index (χ1v) is 14.9. The molecule has 2 N–H and O–H groups in total. The second-order valence-corrected chi connectivity index (χ2v) is 13.4. The molecule has 1 saturated heterocycles. The highest BCUT2D eigenvalue weighted by molar-refractivity contribution is 8.03. The van der Waals surface area contributed by atoms with Crippen molar-refractivity contribution in [2.75, 3.05) is 12.1 Å². The van der Waals surface area contributed by atoms with Gasteiger partial charge in [-0.3, -0.25) is 19.7 Å². The number of ether oxygens (including phenoxy) is 3. The Kier molecular flexibility index (Phi) is 10.1. The number of carbonyl (C=O) groups is 5. The van der Waals surface area contributed by atoms with Gasteiger partial charge in [0.25, 0.3) is 5.91 Å². The topological polar surface area (TPSA) is 153 Å². The number of esters is 2. The molecule has 0 saturated carbocycles. The van der Waals surface area contributed by atoms with Gasteiger partial charge in [-0.1, -0.05) is 24.6 Å². The molecule has 1 fully saturated rings. The van der Waals surface area contributed by atoms with Gasteiger partial charge in [0.1, 0.15) is 17.0 Å². The zero-order valence-electron chi connectivity index (χ0n) is 23.7. The fourth-order valence-corrected chi connectivity index (χ4v) is 5.76. The van der Waals surface area contributed by atoms with Crippen LogP contribution in [0.15, 0.2) is 21.9 Å². The number of carbonyl (C=O) groups excluding carboxylic acids is 5. The molecule has 41 heavy (non-hydrogen) atoms. The van der Waals surface area contributed by atoms with Gasteiger partial charge in [-0.2, -0.15) is 0 Å². The summed E-state index contributed by atoms with van der Waals surface area (Å²) in [4.78, 5) is 68.6. The molecule has 0 aliphatic carbocycles. The summed E-state index contributed by atoms with van der Waals surface area (Å²) < 4.78 is 15.3. The quantitative estimate of drug-likeness (QED) is 0.185. The van der Waals surface area contributed by atoms with Crippen molar-refractivity contribution in [3.05, 3.63) is 27.6 Å². The summed E-state index contributed by atoms with van der Waals surface area (Å²) in [5.41, 5.74) is -0.936. The van der Waals surface area contributed by atoms with Gasteiger partial charge < -0.3 is 24.4 Å². The van der Waals surface area contributed by atoms with Crippen LogP contribution in [0.2, 0.25) is 0 Å². The molecule has 1 aromatic heterocycles. The number of rotatable bonds is 8. The van der Waals surface area contributed by atoms with E-state index in [1.165, 1.54) is 22.1 Å². The number of hydrogen-bond acceptors (Lipinski definition) is 11. The third-order valence-electron chi connectivity index (χ3n) is 5.49. The molecular weight excluding hydrogens is 596 g/mol. The maximum absolute atomic E-state index is 13.3. The molecule has 2 aliphatic heterocycles. The summed E-state index contributed by atoms with van der Waals surface area (Å²) in [5.74, 6) is -2.50. The number of aromatic nitrogens is 1. The number of fused-ring (bicyclic) bond motifs is 1. The first-order valence-electron chi connectivity index (χ1n) is 12.7. The van der Waals surface area contributed by atoms with Crippen LogP contribution in [-0.2, 0) is 33.4 Å². The van der Waals surface area contributed by atoms with E-state index < -0.39 is 65.1 Å². The minimum atomic E-state index is -1.23. The molecule has 224 valence electrons. The van der Waals surface area contributed by atoms with Crippen molar-refractivity contribution < 1.29 is 38.2 Å². The van der Waals surface area contributed by atoms with Gasteiger partial charge >= 0.3 is 18.0 Å². The summed E-state index contributed by atoms with van der Waals surface area (Å²) in [6.07, 6.45) is 1.49. The Morgan fingerprint density at radius 1 is 1.15 bits per heavy atom. The predicted octanol–water partition coefficient (Wildman–Crippen LogP) is 4.22. The molecule has 3 rings (SSSR count). The highest BCUT2D eigenvalue weighted by Gasteiger charge is 2.56. The number of halogens is 1. The van der Waals surface area contributed by atoms with Crippen LogP contribution in [0.5, 0.6) is 0 Å². The van der Waals surface area contributed by atoms with Gasteiger partial charge in [-0.05, 0) is 53.4 Å². The highest BCUT2D eigenvalue weighted by atomic mass is 35.5. The minimum absolute atomic E-state index is 0.0654. The summed E-state index contributed by atoms with van der Waals surface area (Å²) in [5, 5.41) is 8.07. The van der Waals surface area contributed by atoms with Crippen LogP contribution in [0.4, 0.5) is 9.93 Å². The van der Waals surface area contributed by atoms with Crippen LogP contribution < -0.4 is 10.6 Å². The highest BCUT2D eigenvalue weighted by Crippen LogP contribution is 2.41. The lowest BCUT2D eigenvalue weighted by Crippen LogP contribution is -2.73. The van der Waals surface area contributed by atoms with Gasteiger partial charge in [0, 0.05) is 5.38 Å². The summed E-state index contributed by atoms with van der Waals surface area (Å²) in [6.45, 7) is 11.4. The molecule has 3 amide bonds. The fraction of sp³-hybridized carbons (Fsp3) is 0.538. The molecule has 1 aromatic rings. The van der Waals surface area contributed by atoms with Gasteiger partial charge in [-0.25, -0.2) is 14.6 Å². The maximum Gasteiger partial charge on any atom is 0.413 e. The van der Waals surface area contributed by atoms with Crippen LogP contribution >= 0.6 is 34.7 Å². The van der Waals surface area contributed by atoms with E-state index in [0.29, 0.717) is 12.1 Å². The van der Waals surface area contributed by atoms with Crippen LogP contribution in [0, 0.1) is 5.41 Å². The monoisotopic (exact) mass is 628 g/mol. The van der Waals surface area contributed by atoms with Gasteiger partial charge in [0.2, 0.25) is 12.7 Å². The molecule has 12 nitrogen and oxygen atoms in total. The molecule has 1 unspecified atom stereocenters. The standard InChI is InChI=1S/C26H33ClN4O8S2/c1-8-9-13(15-11-41-23(28-15)30-24(36)39-26(5,6)7)18(32)29-16-19(33)31-17(14(27)10-40-20(16)31)21(34)37-12-38-22(35)25(2,3)4/h9-11,16-17,20H,8,12H2,1-7H3,(H,29,32)(H,28,30,36)/b13-9-/t16-,17?,20+/m1/s1. The van der Waals surface area contributed by atoms with Gasteiger partial charge in [0.15, 0.2) is 11.2 Å². The van der Waals surface area contributed by atoms with Crippen LogP contribution in [-0.4, -0.2) is 69.6 Å². The van der Waals surface area contributed by atoms with Crippen molar-refractivity contribution in [1.29, 1.82) is 0 Å². The zero-order valence-corrected chi connectivity index (χ0v) is 26.1. The number of nitrogens with one attached hydrogen (secondary N) is 2. The van der Waals surface area contributed by atoms with E-state index in [9.17, 15) is 24.0 Å². The molecule has 0 spiro atoms. The normalized spacial score (nSPS) is 20.7. The Hall–Kier alpha value is -3.10. The van der Waals surface area contributed by atoms with E-state index in [1.807, 2.05) is 6.92 Å². The van der Waals surface area contributed by atoms with E-state index >= 15 is 0 Å². The van der Waals surface area contributed by atoms with Crippen molar-refractivity contribution >= 4 is 75.3 Å². The molecule has 3 atom stereocenters. The zero-order chi connectivity index (χ0) is 30.7. The molecular formula is C26H33ClN4O8S2. The van der Waals surface area contributed by atoms with E-state index in [2.05, 4.69) is 15.6 Å². The molecule has 3 heterocycles. The number of allylic oxidation sites excluding steroid dienone is 1. The van der Waals surface area contributed by atoms with Crippen molar-refractivity contribution in [1.82, 2.24) is 15.2 Å². The van der Waals surface area contributed by atoms with E-state index in [1.54, 1.807) is 53.0 Å². The Morgan fingerprint density at radius 2 is 1.83 bits per heavy atom. The molecule has 0 aromatic carbocycles. The van der Waals surface area contributed by atoms with Crippen molar-refractivity contribution in [3.63, 3.8) is 0 Å². The molecule has 2 aliphatic rings. The van der Waals surface area contributed by atoms with Crippen LogP contribution in [0.3, 0.4) is 0 Å². The Bertz CT molecular complexity index is 1280. The van der Waals surface area contributed by atoms with E-state index in [-0.39, 0.29) is 15.7 Å². The lowest BCUT2D eigenvalue weighted by Gasteiger charge is -2.50. The Balaban J connectivity index is 1.65. The van der Waals surface area contributed by atoms with Crippen molar-refractivity contribution in [2.24, 2.45) is 5.41 Å². The van der Waals surface area contributed by atoms with Crippen molar-refractivity contribution in [2.45, 2.75) is 77.9 Å². The number of thiazole rings is 1. The SMILES string of the molecule is CC/C=C(\C(=O)N[C@@H]1C(=O)N2C(C(=O)OCOC(=O)C(C)(C)C)C(Cl)=CS[C@@H]12)c1csc(NC(=O)OC(C)(C)C)n1. The lowest BCUT2D eigenvalue weighted by molar-refractivity contribution is -0.178. The average Bonchev–Trinajstić information content (AvgIpc) is 3.31. The number of thioether (sulfide) groups is 1. The summed E-state index contributed by atoms with van der Waals surface area (Å²) >= 11 is 8.54. The van der Waals surface area contributed by atoms with Gasteiger partial charge in [0.05, 0.1) is 21.7 Å². The number of anilines is 1. The smallest absolute Gasteiger partial charge is 0.413 e.